The maximum absolute atomic E-state index is 2.86. The smallest absolute Gasteiger partial charge is 0.252 e. The third-order valence-corrected chi connectivity index (χ3v) is 26.6. The quantitative estimate of drug-likeness (QED) is 0.163. The molecule has 1 aromatic heterocycles. The SMILES string of the molecule is c1ccc(-c2ccc(N3c4cc(-n5c6ccccc6c6ccccc65)cc5c4B(c4ccc6c(c43)C3(c4ccccc4-c4ccccc43)c3ccccc3-6)c3ccc4c(c3N5c3cccc5c3-c3ccccc3C53c5ccccc5-c5ccccc53)C3(c5ccccc5-c5ccccc53)c3ccccc3-4)cc2)cc1. The maximum Gasteiger partial charge on any atom is 0.252 e. The first-order chi connectivity index (χ1) is 54.1. The van der Waals surface area contributed by atoms with Crippen LogP contribution in [0.3, 0.4) is 0 Å². The molecule has 3 nitrogen and oxygen atoms in total. The van der Waals surface area contributed by atoms with Gasteiger partial charge in [0.05, 0.1) is 38.7 Å². The molecular formula is C105H62BN3. The molecular weight excluding hydrogens is 1310 g/mol. The van der Waals surface area contributed by atoms with Crippen LogP contribution in [0.15, 0.2) is 376 Å². The molecule has 500 valence electrons. The van der Waals surface area contributed by atoms with Crippen LogP contribution in [0, 0.1) is 0 Å². The molecule has 18 aromatic rings. The van der Waals surface area contributed by atoms with E-state index >= 15 is 0 Å². The zero-order chi connectivity index (χ0) is 70.7. The summed E-state index contributed by atoms with van der Waals surface area (Å²) >= 11 is 0. The number of rotatable bonds is 4. The Morgan fingerprint density at radius 1 is 0.220 bits per heavy atom. The van der Waals surface area contributed by atoms with Gasteiger partial charge in [-0.15, -0.1) is 0 Å². The molecule has 2 aliphatic heterocycles. The lowest BCUT2D eigenvalue weighted by atomic mass is 9.32. The van der Waals surface area contributed by atoms with E-state index in [-0.39, 0.29) is 6.71 Å². The molecule has 8 aliphatic rings. The summed E-state index contributed by atoms with van der Waals surface area (Å²) in [5.41, 5.74) is 45.5. The van der Waals surface area contributed by atoms with Gasteiger partial charge in [0, 0.05) is 55.9 Å². The molecule has 3 heterocycles. The second kappa shape index (κ2) is 20.8. The highest BCUT2D eigenvalue weighted by Crippen LogP contribution is 2.71. The molecule has 26 rings (SSSR count). The fourth-order valence-electron chi connectivity index (χ4n) is 22.9. The van der Waals surface area contributed by atoms with Gasteiger partial charge in [0.15, 0.2) is 0 Å². The van der Waals surface area contributed by atoms with E-state index in [1.54, 1.807) is 0 Å². The molecule has 0 saturated heterocycles. The second-order valence-corrected chi connectivity index (χ2v) is 31.0. The molecule has 3 spiro atoms. The Kier molecular flexibility index (Phi) is 11.2. The first kappa shape index (κ1) is 58.5. The lowest BCUT2D eigenvalue weighted by Gasteiger charge is -2.48. The van der Waals surface area contributed by atoms with Gasteiger partial charge in [0.2, 0.25) is 0 Å². The normalized spacial score (nSPS) is 15.0. The predicted molar refractivity (Wildman–Crippen MR) is 449 cm³/mol. The monoisotopic (exact) mass is 1380 g/mol. The van der Waals surface area contributed by atoms with Gasteiger partial charge in [-0.3, -0.25) is 0 Å². The Labute approximate surface area is 631 Å². The second-order valence-electron chi connectivity index (χ2n) is 31.0. The summed E-state index contributed by atoms with van der Waals surface area (Å²) in [6.45, 7) is -0.307. The molecule has 0 fully saturated rings. The Morgan fingerprint density at radius 3 is 1.01 bits per heavy atom. The van der Waals surface area contributed by atoms with E-state index in [0.29, 0.717) is 0 Å². The summed E-state index contributed by atoms with van der Waals surface area (Å²) in [6, 6.07) is 146. The van der Waals surface area contributed by atoms with E-state index < -0.39 is 16.2 Å². The van der Waals surface area contributed by atoms with E-state index in [1.807, 2.05) is 0 Å². The number of benzene rings is 17. The summed E-state index contributed by atoms with van der Waals surface area (Å²) in [4.78, 5) is 5.62. The first-order valence-corrected chi connectivity index (χ1v) is 38.4. The number of para-hydroxylation sites is 2. The highest BCUT2D eigenvalue weighted by molar-refractivity contribution is 7.00. The van der Waals surface area contributed by atoms with Crippen molar-refractivity contribution in [3.05, 3.63) is 443 Å². The van der Waals surface area contributed by atoms with Crippen LogP contribution >= 0.6 is 0 Å². The maximum atomic E-state index is 2.86. The van der Waals surface area contributed by atoms with E-state index in [4.69, 9.17) is 0 Å². The third-order valence-electron chi connectivity index (χ3n) is 26.6. The summed E-state index contributed by atoms with van der Waals surface area (Å²) < 4.78 is 2.59. The van der Waals surface area contributed by atoms with Crippen molar-refractivity contribution in [2.24, 2.45) is 0 Å². The molecule has 0 N–H and O–H groups in total. The topological polar surface area (TPSA) is 11.4 Å². The molecule has 0 amide bonds. The van der Waals surface area contributed by atoms with Gasteiger partial charge in [-0.2, -0.15) is 0 Å². The predicted octanol–water partition coefficient (Wildman–Crippen LogP) is 23.6. The number of nitrogens with zero attached hydrogens (tertiary/aromatic N) is 3. The van der Waals surface area contributed by atoms with Crippen molar-refractivity contribution in [1.82, 2.24) is 4.57 Å². The summed E-state index contributed by atoms with van der Waals surface area (Å²) in [6.07, 6.45) is 0. The number of hydrogen-bond donors (Lipinski definition) is 0. The van der Waals surface area contributed by atoms with Crippen molar-refractivity contribution in [2.45, 2.75) is 16.2 Å². The van der Waals surface area contributed by atoms with Gasteiger partial charge in [0.1, 0.15) is 0 Å². The standard InChI is InChI=1S/C105H62BN3/c1-2-27-63(28-3-1)64-53-55-65(56-54-64)108-95-61-66(107-92-50-24-13-37-75(92)76-38-14-25-51-93(76)107)62-96-100(95)106(90-59-57-77-73-35-10-21-46-86(73)104(98(77)101(90)108)82-42-17-6-31-69(82)70-32-7-18-43-83(70)104)91-60-58-78-74-36-11-22-47-87(74)105(84-44-19-8-33-71(84)72-34-9-20-45-85(72)105)99(78)102(91)109(96)94-52-26-49-89-97(94)79-39-12-23-48-88(79)103(89)80-40-15-4-29-67(80)68-30-5-16-41-81(68)103/h1-62H. The molecule has 109 heavy (non-hydrogen) atoms. The Balaban J connectivity index is 0.877. The van der Waals surface area contributed by atoms with Crippen LogP contribution in [-0.2, 0) is 16.2 Å². The van der Waals surface area contributed by atoms with E-state index in [9.17, 15) is 0 Å². The number of hydrogen-bond acceptors (Lipinski definition) is 2. The molecule has 0 saturated carbocycles. The van der Waals surface area contributed by atoms with Crippen molar-refractivity contribution in [2.75, 3.05) is 9.80 Å². The largest absolute Gasteiger partial charge is 0.311 e. The number of aromatic nitrogens is 1. The van der Waals surface area contributed by atoms with E-state index in [0.717, 1.165) is 39.5 Å². The number of fused-ring (bicyclic) bond motifs is 39. The molecule has 0 bridgehead atoms. The van der Waals surface area contributed by atoms with Crippen LogP contribution < -0.4 is 26.2 Å². The van der Waals surface area contributed by atoms with E-state index in [1.165, 1.54) is 183 Å². The summed E-state index contributed by atoms with van der Waals surface area (Å²) in [7, 11) is 0. The molecule has 0 atom stereocenters. The minimum atomic E-state index is -0.751. The van der Waals surface area contributed by atoms with Crippen LogP contribution in [0.4, 0.5) is 34.1 Å². The Hall–Kier alpha value is -13.8. The van der Waals surface area contributed by atoms with Gasteiger partial charge >= 0.3 is 0 Å². The van der Waals surface area contributed by atoms with Crippen molar-refractivity contribution >= 4 is 79.0 Å². The molecule has 6 aliphatic carbocycles. The molecule has 4 heteroatoms. The van der Waals surface area contributed by atoms with Gasteiger partial charge < -0.3 is 14.4 Å². The van der Waals surface area contributed by atoms with Gasteiger partial charge in [0.25, 0.3) is 6.71 Å². The van der Waals surface area contributed by atoms with Crippen LogP contribution in [0.2, 0.25) is 0 Å². The summed E-state index contributed by atoms with van der Waals surface area (Å²) in [5.74, 6) is 0. The zero-order valence-corrected chi connectivity index (χ0v) is 59.2. The lowest BCUT2D eigenvalue weighted by Crippen LogP contribution is -2.62. The van der Waals surface area contributed by atoms with E-state index in [2.05, 4.69) is 390 Å². The number of anilines is 6. The summed E-state index contributed by atoms with van der Waals surface area (Å²) in [5, 5.41) is 2.44. The molecule has 0 unspecified atom stereocenters. The Morgan fingerprint density at radius 2 is 0.560 bits per heavy atom. The van der Waals surface area contributed by atoms with Crippen molar-refractivity contribution in [3.8, 4) is 83.6 Å². The van der Waals surface area contributed by atoms with Gasteiger partial charge in [-0.1, -0.05) is 334 Å². The first-order valence-electron chi connectivity index (χ1n) is 38.4. The average molecular weight is 1380 g/mol. The minimum absolute atomic E-state index is 0.307. The zero-order valence-electron chi connectivity index (χ0n) is 59.2. The van der Waals surface area contributed by atoms with Gasteiger partial charge in [-0.05, 0) is 187 Å². The lowest BCUT2D eigenvalue weighted by molar-refractivity contribution is 0.791. The van der Waals surface area contributed by atoms with Crippen LogP contribution in [0.5, 0.6) is 0 Å². The van der Waals surface area contributed by atoms with Crippen LogP contribution in [0.1, 0.15) is 66.8 Å². The average Bonchev–Trinajstić information content (AvgIpc) is 1.11. The van der Waals surface area contributed by atoms with Crippen LogP contribution in [0.25, 0.3) is 105 Å². The highest BCUT2D eigenvalue weighted by Gasteiger charge is 2.60. The van der Waals surface area contributed by atoms with Crippen molar-refractivity contribution in [1.29, 1.82) is 0 Å². The van der Waals surface area contributed by atoms with Crippen LogP contribution in [-0.4, -0.2) is 11.3 Å². The minimum Gasteiger partial charge on any atom is -0.311 e. The van der Waals surface area contributed by atoms with Crippen molar-refractivity contribution < 1.29 is 0 Å². The fourth-order valence-corrected chi connectivity index (χ4v) is 22.9. The molecule has 17 aromatic carbocycles. The molecule has 0 radical (unpaired) electrons. The Bertz CT molecular complexity index is 6930. The van der Waals surface area contributed by atoms with Gasteiger partial charge in [-0.25, -0.2) is 0 Å². The van der Waals surface area contributed by atoms with Crippen molar-refractivity contribution in [3.63, 3.8) is 0 Å². The fraction of sp³-hybridized carbons (Fsp3) is 0.0286. The third kappa shape index (κ3) is 6.88. The highest BCUT2D eigenvalue weighted by atomic mass is 15.2.